The Morgan fingerprint density at radius 3 is 2.84 bits per heavy atom. The number of imidazole rings is 1. The summed E-state index contributed by atoms with van der Waals surface area (Å²) in [6.45, 7) is 3.99. The summed E-state index contributed by atoms with van der Waals surface area (Å²) in [6, 6.07) is 1.78. The first kappa shape index (κ1) is 13.1. The number of hydrogen-bond donors (Lipinski definition) is 3. The van der Waals surface area contributed by atoms with Crippen molar-refractivity contribution in [3.63, 3.8) is 0 Å². The summed E-state index contributed by atoms with van der Waals surface area (Å²) in [7, 11) is 0. The summed E-state index contributed by atoms with van der Waals surface area (Å²) in [5.41, 5.74) is 2.19. The SMILES string of the molecule is Cc1cc(C)c(C(=O)NCCc2cnc[nH]2)c(=O)[nH]1. The minimum atomic E-state index is -0.350. The lowest BCUT2D eigenvalue weighted by Gasteiger charge is -2.07. The number of hydrogen-bond acceptors (Lipinski definition) is 3. The summed E-state index contributed by atoms with van der Waals surface area (Å²) >= 11 is 0. The predicted octanol–water partition coefficient (Wildman–Crippen LogP) is 0.687. The number of aromatic amines is 2. The van der Waals surface area contributed by atoms with Gasteiger partial charge in [0.1, 0.15) is 5.56 Å². The van der Waals surface area contributed by atoms with E-state index < -0.39 is 0 Å². The van der Waals surface area contributed by atoms with E-state index in [-0.39, 0.29) is 17.0 Å². The van der Waals surface area contributed by atoms with E-state index in [1.807, 2.05) is 0 Å². The number of pyridine rings is 1. The van der Waals surface area contributed by atoms with Gasteiger partial charge in [-0.25, -0.2) is 4.98 Å². The molecule has 0 spiro atoms. The van der Waals surface area contributed by atoms with Crippen LogP contribution < -0.4 is 10.9 Å². The lowest BCUT2D eigenvalue weighted by atomic mass is 10.1. The molecule has 0 fully saturated rings. The molecular weight excluding hydrogens is 244 g/mol. The standard InChI is InChI=1S/C13H16N4O2/c1-8-5-9(2)17-13(19)11(8)12(18)15-4-3-10-6-14-7-16-10/h5-7H,3-4H2,1-2H3,(H,14,16)(H,15,18)(H,17,19). The molecular formula is C13H16N4O2. The van der Waals surface area contributed by atoms with Crippen LogP contribution in [0.1, 0.15) is 27.3 Å². The molecule has 0 radical (unpaired) electrons. The van der Waals surface area contributed by atoms with E-state index in [0.717, 1.165) is 11.4 Å². The first-order chi connectivity index (χ1) is 9.08. The Morgan fingerprint density at radius 1 is 1.42 bits per heavy atom. The third-order valence-corrected chi connectivity index (χ3v) is 2.83. The van der Waals surface area contributed by atoms with Crippen LogP contribution in [0.5, 0.6) is 0 Å². The highest BCUT2D eigenvalue weighted by Crippen LogP contribution is 2.03. The highest BCUT2D eigenvalue weighted by atomic mass is 16.2. The van der Waals surface area contributed by atoms with Gasteiger partial charge in [0.25, 0.3) is 11.5 Å². The molecule has 2 aromatic heterocycles. The second-order valence-corrected chi connectivity index (χ2v) is 4.42. The highest BCUT2D eigenvalue weighted by molar-refractivity contribution is 5.95. The molecule has 2 heterocycles. The maximum Gasteiger partial charge on any atom is 0.261 e. The zero-order valence-corrected chi connectivity index (χ0v) is 10.9. The lowest BCUT2D eigenvalue weighted by molar-refractivity contribution is 0.0952. The summed E-state index contributed by atoms with van der Waals surface area (Å²) in [5.74, 6) is -0.349. The Hall–Kier alpha value is -2.37. The molecule has 19 heavy (non-hydrogen) atoms. The van der Waals surface area contributed by atoms with Crippen LogP contribution in [0.25, 0.3) is 0 Å². The van der Waals surface area contributed by atoms with Gasteiger partial charge in [0.05, 0.1) is 6.33 Å². The number of carbonyl (C=O) groups is 1. The zero-order valence-electron chi connectivity index (χ0n) is 10.9. The van der Waals surface area contributed by atoms with E-state index >= 15 is 0 Å². The van der Waals surface area contributed by atoms with Crippen LogP contribution in [0.2, 0.25) is 0 Å². The summed E-state index contributed by atoms with van der Waals surface area (Å²) in [5, 5.41) is 2.73. The quantitative estimate of drug-likeness (QED) is 0.755. The molecule has 1 amide bonds. The number of carbonyl (C=O) groups excluding carboxylic acids is 1. The van der Waals surface area contributed by atoms with Crippen LogP contribution in [-0.4, -0.2) is 27.4 Å². The Morgan fingerprint density at radius 2 is 2.21 bits per heavy atom. The molecule has 0 saturated carbocycles. The summed E-state index contributed by atoms with van der Waals surface area (Å²) in [6.07, 6.45) is 3.94. The van der Waals surface area contributed by atoms with Crippen molar-refractivity contribution in [2.75, 3.05) is 6.54 Å². The normalized spacial score (nSPS) is 10.4. The fourth-order valence-electron chi connectivity index (χ4n) is 1.96. The average molecular weight is 260 g/mol. The summed E-state index contributed by atoms with van der Waals surface area (Å²) in [4.78, 5) is 33.2. The molecule has 0 aliphatic rings. The van der Waals surface area contributed by atoms with Crippen LogP contribution in [0, 0.1) is 13.8 Å². The first-order valence-corrected chi connectivity index (χ1v) is 6.04. The fourth-order valence-corrected chi connectivity index (χ4v) is 1.96. The van der Waals surface area contributed by atoms with Crippen molar-refractivity contribution in [2.24, 2.45) is 0 Å². The highest BCUT2D eigenvalue weighted by Gasteiger charge is 2.13. The minimum Gasteiger partial charge on any atom is -0.351 e. The monoisotopic (exact) mass is 260 g/mol. The molecule has 0 bridgehead atoms. The molecule has 0 atom stereocenters. The van der Waals surface area contributed by atoms with Crippen LogP contribution in [0.3, 0.4) is 0 Å². The fraction of sp³-hybridized carbons (Fsp3) is 0.308. The van der Waals surface area contributed by atoms with Crippen LogP contribution in [0.4, 0.5) is 0 Å². The van der Waals surface area contributed by atoms with E-state index in [4.69, 9.17) is 0 Å². The molecule has 0 unspecified atom stereocenters. The van der Waals surface area contributed by atoms with Crippen LogP contribution in [-0.2, 0) is 6.42 Å². The van der Waals surface area contributed by atoms with Gasteiger partial charge in [0.15, 0.2) is 0 Å². The van der Waals surface area contributed by atoms with E-state index in [2.05, 4.69) is 20.3 Å². The van der Waals surface area contributed by atoms with Gasteiger partial charge in [-0.2, -0.15) is 0 Å². The molecule has 0 aliphatic heterocycles. The number of aromatic nitrogens is 3. The predicted molar refractivity (Wildman–Crippen MR) is 71.2 cm³/mol. The number of H-pyrrole nitrogens is 2. The van der Waals surface area contributed by atoms with Gasteiger partial charge in [-0.15, -0.1) is 0 Å². The van der Waals surface area contributed by atoms with E-state index in [1.165, 1.54) is 0 Å². The maximum atomic E-state index is 12.0. The maximum absolute atomic E-state index is 12.0. The lowest BCUT2D eigenvalue weighted by Crippen LogP contribution is -2.32. The topological polar surface area (TPSA) is 90.6 Å². The largest absolute Gasteiger partial charge is 0.351 e. The third kappa shape index (κ3) is 3.09. The molecule has 0 aliphatic carbocycles. The van der Waals surface area contributed by atoms with Gasteiger partial charge in [-0.3, -0.25) is 9.59 Å². The Balaban J connectivity index is 2.02. The second kappa shape index (κ2) is 5.51. The van der Waals surface area contributed by atoms with E-state index in [0.29, 0.717) is 18.5 Å². The van der Waals surface area contributed by atoms with E-state index in [9.17, 15) is 9.59 Å². The van der Waals surface area contributed by atoms with Gasteiger partial charge < -0.3 is 15.3 Å². The average Bonchev–Trinajstić information content (AvgIpc) is 2.80. The number of amides is 1. The number of nitrogens with zero attached hydrogens (tertiary/aromatic N) is 1. The van der Waals surface area contributed by atoms with Crippen molar-refractivity contribution in [3.05, 3.63) is 51.5 Å². The first-order valence-electron chi connectivity index (χ1n) is 6.04. The molecule has 0 aromatic carbocycles. The molecule has 6 heteroatoms. The number of rotatable bonds is 4. The van der Waals surface area contributed by atoms with Gasteiger partial charge in [-0.1, -0.05) is 0 Å². The van der Waals surface area contributed by atoms with Gasteiger partial charge >= 0.3 is 0 Å². The smallest absolute Gasteiger partial charge is 0.261 e. The molecule has 2 rings (SSSR count). The Kier molecular flexibility index (Phi) is 3.79. The zero-order chi connectivity index (χ0) is 13.8. The Labute approximate surface area is 110 Å². The second-order valence-electron chi connectivity index (χ2n) is 4.42. The summed E-state index contributed by atoms with van der Waals surface area (Å²) < 4.78 is 0. The van der Waals surface area contributed by atoms with Crippen molar-refractivity contribution >= 4 is 5.91 Å². The minimum absolute atomic E-state index is 0.176. The molecule has 2 aromatic rings. The number of aryl methyl sites for hydroxylation is 2. The van der Waals surface area contributed by atoms with Gasteiger partial charge in [-0.05, 0) is 25.5 Å². The molecule has 6 nitrogen and oxygen atoms in total. The van der Waals surface area contributed by atoms with Crippen molar-refractivity contribution < 1.29 is 4.79 Å². The molecule has 100 valence electrons. The van der Waals surface area contributed by atoms with Crippen LogP contribution in [0.15, 0.2) is 23.4 Å². The number of nitrogens with one attached hydrogen (secondary N) is 3. The molecule has 3 N–H and O–H groups in total. The Bertz CT molecular complexity index is 629. The van der Waals surface area contributed by atoms with Crippen molar-refractivity contribution in [1.29, 1.82) is 0 Å². The van der Waals surface area contributed by atoms with E-state index in [1.54, 1.807) is 32.4 Å². The third-order valence-electron chi connectivity index (χ3n) is 2.83. The van der Waals surface area contributed by atoms with Crippen LogP contribution >= 0.6 is 0 Å². The van der Waals surface area contributed by atoms with Gasteiger partial charge in [0, 0.05) is 30.6 Å². The van der Waals surface area contributed by atoms with Crippen molar-refractivity contribution in [3.8, 4) is 0 Å². The van der Waals surface area contributed by atoms with Gasteiger partial charge in [0.2, 0.25) is 0 Å². The van der Waals surface area contributed by atoms with Crippen molar-refractivity contribution in [1.82, 2.24) is 20.3 Å². The van der Waals surface area contributed by atoms with Crippen molar-refractivity contribution in [2.45, 2.75) is 20.3 Å². The molecule has 0 saturated heterocycles.